The summed E-state index contributed by atoms with van der Waals surface area (Å²) in [6.07, 6.45) is 4.75. The third-order valence-corrected chi connectivity index (χ3v) is 6.13. The Kier molecular flexibility index (Phi) is 11.9. The average molecular weight is 495 g/mol. The number of carboxylic acid groups (broad SMARTS) is 1. The van der Waals surface area contributed by atoms with Crippen molar-refractivity contribution >= 4 is 17.7 Å². The first-order valence-corrected chi connectivity index (χ1v) is 12.7. The second-order valence-corrected chi connectivity index (χ2v) is 10.6. The fourth-order valence-electron chi connectivity index (χ4n) is 4.21. The summed E-state index contributed by atoms with van der Waals surface area (Å²) in [5.74, 6) is -0.343. The molecule has 9 heteroatoms. The highest BCUT2D eigenvalue weighted by Crippen LogP contribution is 2.20. The zero-order chi connectivity index (χ0) is 25.8. The van der Waals surface area contributed by atoms with Gasteiger partial charge in [-0.25, -0.2) is 14.2 Å². The van der Waals surface area contributed by atoms with E-state index in [0.717, 1.165) is 50.2 Å². The molecule has 0 saturated carbocycles. The van der Waals surface area contributed by atoms with E-state index in [2.05, 4.69) is 22.8 Å². The first-order valence-electron chi connectivity index (χ1n) is 12.7. The Bertz CT molecular complexity index is 811. The van der Waals surface area contributed by atoms with Gasteiger partial charge in [0.15, 0.2) is 0 Å². The van der Waals surface area contributed by atoms with Gasteiger partial charge in [0.25, 0.3) is 0 Å². The van der Waals surface area contributed by atoms with E-state index in [1.807, 2.05) is 25.7 Å². The molecule has 0 radical (unpaired) electrons. The quantitative estimate of drug-likeness (QED) is 0.321. The summed E-state index contributed by atoms with van der Waals surface area (Å²) in [5.41, 5.74) is 2.09. The molecule has 0 fully saturated rings. The van der Waals surface area contributed by atoms with Gasteiger partial charge in [-0.15, -0.1) is 0 Å². The molecule has 0 spiro atoms. The monoisotopic (exact) mass is 494 g/mol. The van der Waals surface area contributed by atoms with Gasteiger partial charge >= 0.3 is 5.97 Å². The highest BCUT2D eigenvalue weighted by molar-refractivity contribution is 5.83. The van der Waals surface area contributed by atoms with E-state index in [1.165, 1.54) is 12.7 Å². The van der Waals surface area contributed by atoms with Gasteiger partial charge in [-0.05, 0) is 62.1 Å². The predicted molar refractivity (Wildman–Crippen MR) is 135 cm³/mol. The number of hydrogen-bond acceptors (Lipinski definition) is 6. The van der Waals surface area contributed by atoms with Crippen molar-refractivity contribution in [1.82, 2.24) is 15.2 Å². The molecule has 2 rings (SSSR count). The van der Waals surface area contributed by atoms with E-state index in [0.29, 0.717) is 19.6 Å². The number of carboxylic acids is 1. The summed E-state index contributed by atoms with van der Waals surface area (Å²) in [6, 6.07) is 3.26. The zero-order valence-corrected chi connectivity index (χ0v) is 21.7. The van der Waals surface area contributed by atoms with Gasteiger partial charge < -0.3 is 25.4 Å². The third kappa shape index (κ3) is 10.9. The van der Waals surface area contributed by atoms with E-state index >= 15 is 0 Å². The van der Waals surface area contributed by atoms with Crippen LogP contribution in [0.5, 0.6) is 0 Å². The van der Waals surface area contributed by atoms with Crippen LogP contribution < -0.4 is 10.6 Å². The normalized spacial score (nSPS) is 15.3. The number of anilines is 1. The Morgan fingerprint density at radius 3 is 2.71 bits per heavy atom. The Labute approximate surface area is 209 Å². The van der Waals surface area contributed by atoms with Crippen LogP contribution in [-0.2, 0) is 27.2 Å². The molecule has 0 aliphatic carbocycles. The average Bonchev–Trinajstić information content (AvgIpc) is 2.80. The summed E-state index contributed by atoms with van der Waals surface area (Å²) in [6.45, 7) is 7.63. The van der Waals surface area contributed by atoms with Gasteiger partial charge in [0, 0.05) is 38.9 Å². The molecule has 35 heavy (non-hydrogen) atoms. The van der Waals surface area contributed by atoms with Crippen molar-refractivity contribution in [2.24, 2.45) is 5.41 Å². The summed E-state index contributed by atoms with van der Waals surface area (Å²) < 4.78 is 18.5. The summed E-state index contributed by atoms with van der Waals surface area (Å²) in [7, 11) is 1.48. The molecule has 0 aromatic carbocycles. The maximum absolute atomic E-state index is 13.3. The molecule has 2 unspecified atom stereocenters. The van der Waals surface area contributed by atoms with E-state index in [9.17, 15) is 19.1 Å². The zero-order valence-electron chi connectivity index (χ0n) is 21.7. The van der Waals surface area contributed by atoms with Crippen molar-refractivity contribution in [3.63, 3.8) is 0 Å². The van der Waals surface area contributed by atoms with Gasteiger partial charge in [0.05, 0.1) is 6.10 Å². The van der Waals surface area contributed by atoms with Crippen molar-refractivity contribution in [3.05, 3.63) is 23.4 Å². The molecule has 0 saturated heterocycles. The maximum Gasteiger partial charge on any atom is 0.326 e. The number of aromatic nitrogens is 1. The molecule has 1 aromatic rings. The lowest BCUT2D eigenvalue weighted by Gasteiger charge is -2.27. The lowest BCUT2D eigenvalue weighted by Crippen LogP contribution is -2.45. The smallest absolute Gasteiger partial charge is 0.326 e. The minimum atomic E-state index is -1.06. The minimum Gasteiger partial charge on any atom is -0.480 e. The van der Waals surface area contributed by atoms with Crippen LogP contribution in [0, 0.1) is 5.41 Å². The fraction of sp³-hybridized carbons (Fsp3) is 0.731. The van der Waals surface area contributed by atoms with E-state index < -0.39 is 24.8 Å². The van der Waals surface area contributed by atoms with Gasteiger partial charge in [0.2, 0.25) is 5.91 Å². The van der Waals surface area contributed by atoms with Crippen LogP contribution in [0.4, 0.5) is 10.2 Å². The van der Waals surface area contributed by atoms with Crippen molar-refractivity contribution < 1.29 is 23.8 Å². The topological polar surface area (TPSA) is 104 Å². The molecule has 1 aliphatic rings. The largest absolute Gasteiger partial charge is 0.480 e. The highest BCUT2D eigenvalue weighted by atomic mass is 19.1. The summed E-state index contributed by atoms with van der Waals surface area (Å²) in [4.78, 5) is 30.8. The van der Waals surface area contributed by atoms with Crippen molar-refractivity contribution in [2.45, 2.75) is 77.9 Å². The second-order valence-electron chi connectivity index (χ2n) is 10.6. The molecular weight excluding hydrogens is 451 g/mol. The number of aliphatic carboxylic acids is 1. The van der Waals surface area contributed by atoms with Crippen LogP contribution in [0.15, 0.2) is 12.1 Å². The molecule has 198 valence electrons. The Morgan fingerprint density at radius 1 is 1.29 bits per heavy atom. The standard InChI is InChI=1S/C26H43FN4O4/c1-26(2,3)16-23(32)30-22(25(33)34)12-15-31(18-21(17-27)35-4)14-6-5-9-20-11-10-19-8-7-13-28-24(19)29-20/h10-11,21-22H,5-9,12-18H2,1-4H3,(H,28,29)(H,30,32)(H,33,34). The number of ether oxygens (including phenoxy) is 1. The number of alkyl halides is 1. The molecule has 8 nitrogen and oxygen atoms in total. The summed E-state index contributed by atoms with van der Waals surface area (Å²) >= 11 is 0. The van der Waals surface area contributed by atoms with E-state index in [1.54, 1.807) is 0 Å². The number of rotatable bonds is 15. The fourth-order valence-corrected chi connectivity index (χ4v) is 4.21. The number of pyridine rings is 1. The van der Waals surface area contributed by atoms with Crippen LogP contribution in [0.1, 0.15) is 64.1 Å². The van der Waals surface area contributed by atoms with Gasteiger partial charge in [-0.3, -0.25) is 4.79 Å². The Balaban J connectivity index is 1.88. The SMILES string of the molecule is COC(CF)CN(CCCCc1ccc2c(n1)NCCC2)CCC(NC(=O)CC(C)(C)C)C(=O)O. The number of carbonyl (C=O) groups excluding carboxylic acids is 1. The Morgan fingerprint density at radius 2 is 2.06 bits per heavy atom. The number of methoxy groups -OCH3 is 1. The number of fused-ring (bicyclic) bond motifs is 1. The molecule has 1 amide bonds. The Hall–Kier alpha value is -2.26. The number of amides is 1. The van der Waals surface area contributed by atoms with E-state index in [4.69, 9.17) is 9.72 Å². The van der Waals surface area contributed by atoms with Crippen LogP contribution >= 0.6 is 0 Å². The first-order chi connectivity index (χ1) is 16.6. The molecule has 3 N–H and O–H groups in total. The van der Waals surface area contributed by atoms with Gasteiger partial charge in [-0.1, -0.05) is 26.8 Å². The second kappa shape index (κ2) is 14.3. The molecule has 1 aliphatic heterocycles. The number of carbonyl (C=O) groups is 2. The minimum absolute atomic E-state index is 0.227. The van der Waals surface area contributed by atoms with E-state index in [-0.39, 0.29) is 24.2 Å². The predicted octanol–water partition coefficient (Wildman–Crippen LogP) is 3.44. The lowest BCUT2D eigenvalue weighted by molar-refractivity contribution is -0.142. The first kappa shape index (κ1) is 29.0. The third-order valence-electron chi connectivity index (χ3n) is 6.13. The highest BCUT2D eigenvalue weighted by Gasteiger charge is 2.24. The number of aryl methyl sites for hydroxylation is 2. The van der Waals surface area contributed by atoms with Gasteiger partial charge in [0.1, 0.15) is 18.5 Å². The molecule has 2 heterocycles. The molecular formula is C26H43FN4O4. The molecule has 2 atom stereocenters. The molecule has 0 bridgehead atoms. The lowest BCUT2D eigenvalue weighted by atomic mass is 9.92. The number of nitrogens with one attached hydrogen (secondary N) is 2. The number of halogens is 1. The maximum atomic E-state index is 13.3. The van der Waals surface area contributed by atoms with Crippen LogP contribution in [-0.4, -0.2) is 79.0 Å². The van der Waals surface area contributed by atoms with Gasteiger partial charge in [-0.2, -0.15) is 0 Å². The van der Waals surface area contributed by atoms with Crippen molar-refractivity contribution in [1.29, 1.82) is 0 Å². The van der Waals surface area contributed by atoms with Crippen LogP contribution in [0.3, 0.4) is 0 Å². The number of hydrogen-bond donors (Lipinski definition) is 3. The van der Waals surface area contributed by atoms with Crippen LogP contribution in [0.2, 0.25) is 0 Å². The van der Waals surface area contributed by atoms with Crippen molar-refractivity contribution in [2.75, 3.05) is 45.3 Å². The summed E-state index contributed by atoms with van der Waals surface area (Å²) in [5, 5.41) is 15.6. The van der Waals surface area contributed by atoms with Crippen LogP contribution in [0.25, 0.3) is 0 Å². The number of nitrogens with zero attached hydrogens (tertiary/aromatic N) is 2. The molecule has 1 aromatic heterocycles. The van der Waals surface area contributed by atoms with Crippen molar-refractivity contribution in [3.8, 4) is 0 Å². The number of unbranched alkanes of at least 4 members (excludes halogenated alkanes) is 1.